The van der Waals surface area contributed by atoms with Crippen molar-refractivity contribution < 1.29 is 14.4 Å². The zero-order valence-electron chi connectivity index (χ0n) is 15.9. The minimum Gasteiger partial charge on any atom is -0.350 e. The molecule has 1 aliphatic heterocycles. The second-order valence-corrected chi connectivity index (χ2v) is 7.46. The van der Waals surface area contributed by atoms with E-state index in [-0.39, 0.29) is 30.1 Å². The second-order valence-electron chi connectivity index (χ2n) is 6.47. The quantitative estimate of drug-likeness (QED) is 0.621. The first kappa shape index (κ1) is 19.7. The first-order valence-corrected chi connectivity index (χ1v) is 10.1. The van der Waals surface area contributed by atoms with Crippen LogP contribution >= 0.6 is 11.8 Å². The highest BCUT2D eigenvalue weighted by Crippen LogP contribution is 2.31. The van der Waals surface area contributed by atoms with Crippen molar-refractivity contribution in [2.24, 2.45) is 0 Å². The molecule has 0 unspecified atom stereocenters. The summed E-state index contributed by atoms with van der Waals surface area (Å²) < 4.78 is 1.61. The third kappa shape index (κ3) is 4.18. The van der Waals surface area contributed by atoms with E-state index in [9.17, 15) is 14.4 Å². The molecule has 0 atom stereocenters. The van der Waals surface area contributed by atoms with Crippen LogP contribution in [0.25, 0.3) is 11.8 Å². The Labute approximate surface area is 177 Å². The fourth-order valence-corrected chi connectivity index (χ4v) is 3.91. The number of hydrogen-bond donors (Lipinski definition) is 1. The van der Waals surface area contributed by atoms with Crippen LogP contribution in [0.2, 0.25) is 0 Å². The Morgan fingerprint density at radius 1 is 1.03 bits per heavy atom. The van der Waals surface area contributed by atoms with Gasteiger partial charge < -0.3 is 5.32 Å². The number of para-hydroxylation sites is 1. The summed E-state index contributed by atoms with van der Waals surface area (Å²) >= 11 is 0.907. The summed E-state index contributed by atoms with van der Waals surface area (Å²) in [5, 5.41) is 6.61. The number of benzene rings is 2. The van der Waals surface area contributed by atoms with E-state index in [0.717, 1.165) is 22.2 Å². The van der Waals surface area contributed by atoms with Crippen LogP contribution in [0.5, 0.6) is 0 Å². The van der Waals surface area contributed by atoms with Gasteiger partial charge in [0.1, 0.15) is 0 Å². The van der Waals surface area contributed by atoms with Crippen LogP contribution < -0.4 is 5.32 Å². The fourth-order valence-electron chi connectivity index (χ4n) is 3.05. The molecule has 1 aliphatic rings. The summed E-state index contributed by atoms with van der Waals surface area (Å²) in [5.41, 5.74) is 1.96. The molecular formula is C22H18N4O3S. The van der Waals surface area contributed by atoms with Crippen LogP contribution in [0.1, 0.15) is 15.9 Å². The van der Waals surface area contributed by atoms with Crippen molar-refractivity contribution in [3.05, 3.63) is 89.1 Å². The predicted molar refractivity (Wildman–Crippen MR) is 115 cm³/mol. The maximum absolute atomic E-state index is 12.6. The van der Waals surface area contributed by atoms with Crippen LogP contribution in [-0.2, 0) is 4.79 Å². The fraction of sp³-hybridized carbons (Fsp3) is 0.0909. The maximum Gasteiger partial charge on any atom is 0.293 e. The molecular weight excluding hydrogens is 400 g/mol. The highest BCUT2D eigenvalue weighted by Gasteiger charge is 2.34. The molecule has 0 aliphatic carbocycles. The van der Waals surface area contributed by atoms with Crippen LogP contribution in [0.3, 0.4) is 0 Å². The molecule has 7 nitrogen and oxygen atoms in total. The summed E-state index contributed by atoms with van der Waals surface area (Å²) in [4.78, 5) is 39.0. The molecule has 150 valence electrons. The molecule has 3 amide bonds. The Morgan fingerprint density at radius 2 is 1.80 bits per heavy atom. The Bertz CT molecular complexity index is 1110. The number of imide groups is 1. The van der Waals surface area contributed by atoms with Gasteiger partial charge in [-0.1, -0.05) is 42.5 Å². The molecule has 4 rings (SSSR count). The smallest absolute Gasteiger partial charge is 0.293 e. The first-order chi connectivity index (χ1) is 14.6. The number of nitrogens with one attached hydrogen (secondary N) is 1. The van der Waals surface area contributed by atoms with Crippen molar-refractivity contribution in [2.45, 2.75) is 0 Å². The van der Waals surface area contributed by atoms with Gasteiger partial charge in [0, 0.05) is 25.5 Å². The number of nitrogens with zero attached hydrogens (tertiary/aromatic N) is 3. The molecule has 3 aromatic rings. The molecule has 0 saturated carbocycles. The average Bonchev–Trinajstić information content (AvgIpc) is 3.39. The third-order valence-electron chi connectivity index (χ3n) is 4.49. The molecule has 8 heteroatoms. The Kier molecular flexibility index (Phi) is 5.76. The topological polar surface area (TPSA) is 84.3 Å². The second kappa shape index (κ2) is 8.79. The van der Waals surface area contributed by atoms with Gasteiger partial charge in [0.05, 0.1) is 16.2 Å². The number of amides is 3. The summed E-state index contributed by atoms with van der Waals surface area (Å²) in [6, 6.07) is 18.2. The van der Waals surface area contributed by atoms with E-state index in [1.54, 1.807) is 47.4 Å². The van der Waals surface area contributed by atoms with Gasteiger partial charge in [0.15, 0.2) is 0 Å². The number of carbonyl (C=O) groups excluding carboxylic acids is 3. The van der Waals surface area contributed by atoms with E-state index < -0.39 is 0 Å². The molecule has 1 N–H and O–H groups in total. The summed E-state index contributed by atoms with van der Waals surface area (Å²) in [5.74, 6) is -0.645. The zero-order chi connectivity index (χ0) is 20.9. The van der Waals surface area contributed by atoms with Crippen LogP contribution in [0.4, 0.5) is 4.79 Å². The SMILES string of the molecule is O=C(NCCN1C(=O)S/C(=C\c2ccccc2)C1=O)c1ccccc1-n1cccn1. The minimum atomic E-state index is -0.347. The van der Waals surface area contributed by atoms with Crippen LogP contribution in [0.15, 0.2) is 78.0 Å². The standard InChI is InChI=1S/C22H18N4O3S/c27-20(17-9-4-5-10-18(17)26-13-6-11-24-26)23-12-14-25-21(28)19(30-22(25)29)15-16-7-2-1-3-8-16/h1-11,13,15H,12,14H2,(H,23,27)/b19-15-. The van der Waals surface area contributed by atoms with Gasteiger partial charge in [-0.25, -0.2) is 4.68 Å². The van der Waals surface area contributed by atoms with Gasteiger partial charge >= 0.3 is 0 Å². The summed E-state index contributed by atoms with van der Waals surface area (Å²) in [7, 11) is 0. The molecule has 1 fully saturated rings. The van der Waals surface area contributed by atoms with Crippen molar-refractivity contribution in [2.75, 3.05) is 13.1 Å². The third-order valence-corrected chi connectivity index (χ3v) is 5.40. The van der Waals surface area contributed by atoms with Gasteiger partial charge in [0.2, 0.25) is 0 Å². The highest BCUT2D eigenvalue weighted by atomic mass is 32.2. The highest BCUT2D eigenvalue weighted by molar-refractivity contribution is 8.18. The van der Waals surface area contributed by atoms with E-state index in [2.05, 4.69) is 10.4 Å². The largest absolute Gasteiger partial charge is 0.350 e. The van der Waals surface area contributed by atoms with Crippen LogP contribution in [0, 0.1) is 0 Å². The van der Waals surface area contributed by atoms with Gasteiger partial charge in [-0.2, -0.15) is 5.10 Å². The van der Waals surface area contributed by atoms with Crippen molar-refractivity contribution in [3.63, 3.8) is 0 Å². The minimum absolute atomic E-state index is 0.104. The van der Waals surface area contributed by atoms with E-state index >= 15 is 0 Å². The Morgan fingerprint density at radius 3 is 2.57 bits per heavy atom. The van der Waals surface area contributed by atoms with Crippen molar-refractivity contribution in [1.82, 2.24) is 20.0 Å². The lowest BCUT2D eigenvalue weighted by molar-refractivity contribution is -0.122. The van der Waals surface area contributed by atoms with Crippen molar-refractivity contribution in [1.29, 1.82) is 0 Å². The number of carbonyl (C=O) groups is 3. The monoisotopic (exact) mass is 418 g/mol. The number of thioether (sulfide) groups is 1. The normalized spacial score (nSPS) is 15.1. The van der Waals surface area contributed by atoms with E-state index in [4.69, 9.17) is 0 Å². The maximum atomic E-state index is 12.6. The lowest BCUT2D eigenvalue weighted by atomic mass is 10.1. The van der Waals surface area contributed by atoms with E-state index in [0.29, 0.717) is 16.2 Å². The van der Waals surface area contributed by atoms with E-state index in [1.807, 2.05) is 36.4 Å². The number of hydrogen-bond acceptors (Lipinski definition) is 5. The number of aromatic nitrogens is 2. The molecule has 2 aromatic carbocycles. The molecule has 0 radical (unpaired) electrons. The molecule has 0 spiro atoms. The van der Waals surface area contributed by atoms with Crippen molar-refractivity contribution >= 4 is 34.9 Å². The van der Waals surface area contributed by atoms with Gasteiger partial charge in [-0.05, 0) is 41.6 Å². The Balaban J connectivity index is 1.39. The lowest BCUT2D eigenvalue weighted by Gasteiger charge is -2.14. The average molecular weight is 418 g/mol. The predicted octanol–water partition coefficient (Wildman–Crippen LogP) is 3.34. The van der Waals surface area contributed by atoms with Crippen LogP contribution in [-0.4, -0.2) is 44.8 Å². The first-order valence-electron chi connectivity index (χ1n) is 9.31. The molecule has 0 bridgehead atoms. The Hall–Kier alpha value is -3.65. The van der Waals surface area contributed by atoms with Gasteiger partial charge in [0.25, 0.3) is 17.1 Å². The molecule has 2 heterocycles. The zero-order valence-corrected chi connectivity index (χ0v) is 16.7. The van der Waals surface area contributed by atoms with Gasteiger partial charge in [-0.3, -0.25) is 19.3 Å². The summed E-state index contributed by atoms with van der Waals surface area (Å²) in [6.45, 7) is 0.259. The molecule has 1 saturated heterocycles. The summed E-state index contributed by atoms with van der Waals surface area (Å²) in [6.07, 6.45) is 5.09. The van der Waals surface area contributed by atoms with Crippen molar-refractivity contribution in [3.8, 4) is 5.69 Å². The molecule has 30 heavy (non-hydrogen) atoms. The van der Waals surface area contributed by atoms with Gasteiger partial charge in [-0.15, -0.1) is 0 Å². The van der Waals surface area contributed by atoms with E-state index in [1.165, 1.54) is 0 Å². The lowest BCUT2D eigenvalue weighted by Crippen LogP contribution is -2.37. The molecule has 1 aromatic heterocycles. The number of rotatable bonds is 6.